The summed E-state index contributed by atoms with van der Waals surface area (Å²) in [6.45, 7) is 11.0. The van der Waals surface area contributed by atoms with Gasteiger partial charge in [-0.25, -0.2) is 8.42 Å². The first-order valence-electron chi connectivity index (χ1n) is 9.77. The number of sulfonamides is 1. The molecule has 0 N–H and O–H groups in total. The first kappa shape index (κ1) is 23.1. The van der Waals surface area contributed by atoms with Crippen LogP contribution in [0.4, 0.5) is 0 Å². The summed E-state index contributed by atoms with van der Waals surface area (Å²) in [4.78, 5) is 13.2. The highest BCUT2D eigenvalue weighted by Gasteiger charge is 2.40. The molecule has 0 saturated heterocycles. The van der Waals surface area contributed by atoms with E-state index in [9.17, 15) is 13.2 Å². The minimum Gasteiger partial charge on any atom is -0.459 e. The van der Waals surface area contributed by atoms with Crippen LogP contribution in [0, 0.1) is 12.8 Å². The van der Waals surface area contributed by atoms with E-state index in [-0.39, 0.29) is 17.4 Å². The van der Waals surface area contributed by atoms with Gasteiger partial charge in [-0.15, -0.1) is 0 Å². The van der Waals surface area contributed by atoms with E-state index in [1.807, 2.05) is 51.1 Å². The Labute approximate surface area is 174 Å². The number of esters is 1. The van der Waals surface area contributed by atoms with E-state index >= 15 is 0 Å². The highest BCUT2D eigenvalue weighted by Crippen LogP contribution is 2.27. The van der Waals surface area contributed by atoms with Gasteiger partial charge in [0.25, 0.3) is 0 Å². The second-order valence-electron chi connectivity index (χ2n) is 8.57. The Morgan fingerprint density at radius 2 is 1.55 bits per heavy atom. The topological polar surface area (TPSA) is 63.7 Å². The summed E-state index contributed by atoms with van der Waals surface area (Å²) in [6.07, 6.45) is 0. The molecule has 2 rings (SSSR count). The van der Waals surface area contributed by atoms with E-state index in [2.05, 4.69) is 0 Å². The van der Waals surface area contributed by atoms with Crippen LogP contribution in [0.2, 0.25) is 0 Å². The summed E-state index contributed by atoms with van der Waals surface area (Å²) in [7, 11) is -3.93. The SMILES string of the molecule is Cc1ccc(S(=O)(=O)N(Cc2ccccc2)[C@H](C(=O)OC(C)(C)C)C(C)C)cc1. The summed E-state index contributed by atoms with van der Waals surface area (Å²) in [5.41, 5.74) is 1.06. The lowest BCUT2D eigenvalue weighted by Gasteiger charge is -2.34. The van der Waals surface area contributed by atoms with Gasteiger partial charge >= 0.3 is 5.97 Å². The number of hydrogen-bond acceptors (Lipinski definition) is 4. The van der Waals surface area contributed by atoms with Crippen molar-refractivity contribution in [2.75, 3.05) is 0 Å². The molecule has 0 bridgehead atoms. The van der Waals surface area contributed by atoms with Gasteiger partial charge in [0.1, 0.15) is 11.6 Å². The highest BCUT2D eigenvalue weighted by molar-refractivity contribution is 7.89. The number of carbonyl (C=O) groups is 1. The van der Waals surface area contributed by atoms with E-state index in [0.29, 0.717) is 0 Å². The Balaban J connectivity index is 2.55. The second-order valence-corrected chi connectivity index (χ2v) is 10.5. The monoisotopic (exact) mass is 417 g/mol. The van der Waals surface area contributed by atoms with Crippen LogP contribution in [0.1, 0.15) is 45.7 Å². The van der Waals surface area contributed by atoms with Crippen LogP contribution in [-0.4, -0.2) is 30.3 Å². The Kier molecular flexibility index (Phi) is 7.25. The van der Waals surface area contributed by atoms with Gasteiger partial charge in [0, 0.05) is 6.54 Å². The van der Waals surface area contributed by atoms with E-state index in [4.69, 9.17) is 4.74 Å². The van der Waals surface area contributed by atoms with Gasteiger partial charge in [0.15, 0.2) is 0 Å². The van der Waals surface area contributed by atoms with Gasteiger partial charge in [-0.05, 0) is 51.3 Å². The zero-order chi connectivity index (χ0) is 21.8. The molecule has 158 valence electrons. The molecular formula is C23H31NO4S. The van der Waals surface area contributed by atoms with Crippen molar-refractivity contribution in [3.8, 4) is 0 Å². The van der Waals surface area contributed by atoms with Crippen LogP contribution >= 0.6 is 0 Å². The van der Waals surface area contributed by atoms with Crippen LogP contribution in [0.3, 0.4) is 0 Å². The maximum absolute atomic E-state index is 13.6. The number of nitrogens with zero attached hydrogens (tertiary/aromatic N) is 1. The summed E-state index contributed by atoms with van der Waals surface area (Å²) in [5.74, 6) is -0.812. The molecule has 0 aliphatic carbocycles. The summed E-state index contributed by atoms with van der Waals surface area (Å²) in [5, 5.41) is 0. The van der Waals surface area contributed by atoms with Crippen molar-refractivity contribution >= 4 is 16.0 Å². The molecule has 0 amide bonds. The van der Waals surface area contributed by atoms with E-state index in [1.165, 1.54) is 4.31 Å². The van der Waals surface area contributed by atoms with Crippen molar-refractivity contribution in [2.24, 2.45) is 5.92 Å². The molecule has 0 aromatic heterocycles. The molecule has 0 fully saturated rings. The number of aryl methyl sites for hydroxylation is 1. The molecule has 0 saturated carbocycles. The lowest BCUT2D eigenvalue weighted by atomic mass is 10.0. The predicted molar refractivity (Wildman–Crippen MR) is 115 cm³/mol. The fraction of sp³-hybridized carbons (Fsp3) is 0.435. The summed E-state index contributed by atoms with van der Waals surface area (Å²) >= 11 is 0. The van der Waals surface area contributed by atoms with E-state index in [0.717, 1.165) is 11.1 Å². The van der Waals surface area contributed by atoms with Crippen molar-refractivity contribution in [3.05, 3.63) is 65.7 Å². The zero-order valence-electron chi connectivity index (χ0n) is 18.0. The fourth-order valence-corrected chi connectivity index (χ4v) is 4.72. The molecule has 0 heterocycles. The first-order valence-corrected chi connectivity index (χ1v) is 11.2. The molecular weight excluding hydrogens is 386 g/mol. The second kappa shape index (κ2) is 9.09. The summed E-state index contributed by atoms with van der Waals surface area (Å²) < 4.78 is 34.0. The molecule has 29 heavy (non-hydrogen) atoms. The molecule has 0 radical (unpaired) electrons. The maximum Gasteiger partial charge on any atom is 0.325 e. The number of rotatable bonds is 7. The average molecular weight is 418 g/mol. The van der Waals surface area contributed by atoms with Gasteiger partial charge in [-0.2, -0.15) is 4.31 Å². The number of hydrogen-bond donors (Lipinski definition) is 0. The van der Waals surface area contributed by atoms with Gasteiger partial charge in [-0.3, -0.25) is 4.79 Å². The molecule has 2 aromatic carbocycles. The molecule has 1 atom stereocenters. The molecule has 0 spiro atoms. The van der Waals surface area contributed by atoms with E-state index < -0.39 is 27.6 Å². The van der Waals surface area contributed by atoms with Gasteiger partial charge in [-0.1, -0.05) is 61.9 Å². The molecule has 5 nitrogen and oxygen atoms in total. The zero-order valence-corrected chi connectivity index (χ0v) is 18.9. The largest absolute Gasteiger partial charge is 0.459 e. The number of benzene rings is 2. The number of ether oxygens (including phenoxy) is 1. The Morgan fingerprint density at radius 1 is 1.00 bits per heavy atom. The van der Waals surface area contributed by atoms with Crippen molar-refractivity contribution in [1.29, 1.82) is 0 Å². The van der Waals surface area contributed by atoms with Crippen LogP contribution < -0.4 is 0 Å². The van der Waals surface area contributed by atoms with E-state index in [1.54, 1.807) is 45.0 Å². The normalized spacial score (nSPS) is 13.5. The molecule has 0 aliphatic heterocycles. The Morgan fingerprint density at radius 3 is 2.03 bits per heavy atom. The molecule has 6 heteroatoms. The first-order chi connectivity index (χ1) is 13.4. The van der Waals surface area contributed by atoms with Crippen molar-refractivity contribution in [3.63, 3.8) is 0 Å². The third-order valence-corrected chi connectivity index (χ3v) is 6.24. The predicted octanol–water partition coefficient (Wildman–Crippen LogP) is 4.55. The smallest absolute Gasteiger partial charge is 0.325 e. The molecule has 2 aromatic rings. The van der Waals surface area contributed by atoms with Crippen molar-refractivity contribution in [1.82, 2.24) is 4.31 Å². The molecule has 0 unspecified atom stereocenters. The molecule has 0 aliphatic rings. The van der Waals surface area contributed by atoms with Crippen molar-refractivity contribution < 1.29 is 17.9 Å². The maximum atomic E-state index is 13.6. The van der Waals surface area contributed by atoms with Gasteiger partial charge in [0.2, 0.25) is 10.0 Å². The highest BCUT2D eigenvalue weighted by atomic mass is 32.2. The Bertz CT molecular complexity index is 914. The van der Waals surface area contributed by atoms with Crippen LogP contribution in [0.5, 0.6) is 0 Å². The van der Waals surface area contributed by atoms with Crippen LogP contribution in [0.15, 0.2) is 59.5 Å². The minimum absolute atomic E-state index is 0.0825. The third-order valence-electron chi connectivity index (χ3n) is 4.40. The standard InChI is InChI=1S/C23H31NO4S/c1-17(2)21(22(25)28-23(4,5)6)24(16-19-10-8-7-9-11-19)29(26,27)20-14-12-18(3)13-15-20/h7-15,17,21H,16H2,1-6H3/t21-/m0/s1. The minimum atomic E-state index is -3.93. The third kappa shape index (κ3) is 6.15. The lowest BCUT2D eigenvalue weighted by Crippen LogP contribution is -2.49. The lowest BCUT2D eigenvalue weighted by molar-refractivity contribution is -0.161. The van der Waals surface area contributed by atoms with Gasteiger partial charge in [0.05, 0.1) is 4.90 Å². The van der Waals surface area contributed by atoms with Crippen LogP contribution in [0.25, 0.3) is 0 Å². The van der Waals surface area contributed by atoms with Gasteiger partial charge < -0.3 is 4.74 Å². The Hall–Kier alpha value is -2.18. The summed E-state index contributed by atoms with van der Waals surface area (Å²) in [6, 6.07) is 15.0. The van der Waals surface area contributed by atoms with Crippen molar-refractivity contribution in [2.45, 2.75) is 64.6 Å². The number of carbonyl (C=O) groups excluding carboxylic acids is 1. The fourth-order valence-electron chi connectivity index (χ4n) is 3.03. The average Bonchev–Trinajstić information content (AvgIpc) is 2.60. The van der Waals surface area contributed by atoms with Crippen LogP contribution in [-0.2, 0) is 26.1 Å². The quantitative estimate of drug-likeness (QED) is 0.620.